The molecule has 2 aromatic heterocycles. The minimum absolute atomic E-state index is 0.753. The van der Waals surface area contributed by atoms with Gasteiger partial charge in [0.25, 0.3) is 0 Å². The van der Waals surface area contributed by atoms with Gasteiger partial charge >= 0.3 is 0 Å². The molecule has 0 spiro atoms. The van der Waals surface area contributed by atoms with Crippen LogP contribution in [-0.2, 0) is 0 Å². The molecule has 23 heavy (non-hydrogen) atoms. The molecule has 0 bridgehead atoms. The molecule has 0 N–H and O–H groups in total. The van der Waals surface area contributed by atoms with Gasteiger partial charge in [-0.1, -0.05) is 29.8 Å². The first kappa shape index (κ1) is 15.9. The van der Waals surface area contributed by atoms with E-state index in [0.29, 0.717) is 0 Å². The van der Waals surface area contributed by atoms with Crippen molar-refractivity contribution in [2.75, 3.05) is 6.54 Å². The lowest BCUT2D eigenvalue weighted by Gasteiger charge is -2.03. The fourth-order valence-electron chi connectivity index (χ4n) is 2.27. The van der Waals surface area contributed by atoms with Crippen LogP contribution in [0.15, 0.2) is 51.2 Å². The van der Waals surface area contributed by atoms with Gasteiger partial charge in [0.1, 0.15) is 0 Å². The predicted molar refractivity (Wildman–Crippen MR) is 101 cm³/mol. The van der Waals surface area contributed by atoms with Crippen LogP contribution < -0.4 is 4.80 Å². The van der Waals surface area contributed by atoms with Gasteiger partial charge in [0.15, 0.2) is 0 Å². The maximum atomic E-state index is 4.73. The summed E-state index contributed by atoms with van der Waals surface area (Å²) in [6, 6.07) is 10.6. The Kier molecular flexibility index (Phi) is 4.88. The van der Waals surface area contributed by atoms with E-state index in [4.69, 9.17) is 5.10 Å². The summed E-state index contributed by atoms with van der Waals surface area (Å²) in [5.74, 6) is 0. The SMILES string of the molecule is CCN=c1scc(-c2cccs2)n1N=Cc1cc(C)ccc1C. The highest BCUT2D eigenvalue weighted by molar-refractivity contribution is 7.14. The van der Waals surface area contributed by atoms with Crippen molar-refractivity contribution in [1.29, 1.82) is 0 Å². The molecule has 1 aromatic carbocycles. The van der Waals surface area contributed by atoms with Gasteiger partial charge in [-0.05, 0) is 43.3 Å². The minimum atomic E-state index is 0.753. The summed E-state index contributed by atoms with van der Waals surface area (Å²) in [4.78, 5) is 6.70. The van der Waals surface area contributed by atoms with Crippen molar-refractivity contribution in [1.82, 2.24) is 4.68 Å². The van der Waals surface area contributed by atoms with E-state index in [1.807, 2.05) is 17.8 Å². The molecule has 3 rings (SSSR count). The Balaban J connectivity index is 2.08. The van der Waals surface area contributed by atoms with Gasteiger partial charge in [0.2, 0.25) is 4.80 Å². The first-order chi connectivity index (χ1) is 11.2. The van der Waals surface area contributed by atoms with Gasteiger partial charge in [-0.3, -0.25) is 4.99 Å². The Labute approximate surface area is 144 Å². The number of thiophene rings is 1. The fourth-order valence-corrected chi connectivity index (χ4v) is 3.96. The highest BCUT2D eigenvalue weighted by Gasteiger charge is 2.08. The van der Waals surface area contributed by atoms with Gasteiger partial charge < -0.3 is 0 Å². The number of aromatic nitrogens is 1. The summed E-state index contributed by atoms with van der Waals surface area (Å²) in [7, 11) is 0. The summed E-state index contributed by atoms with van der Waals surface area (Å²) in [6.45, 7) is 7.01. The molecule has 3 aromatic rings. The van der Waals surface area contributed by atoms with Crippen LogP contribution in [-0.4, -0.2) is 17.4 Å². The maximum absolute atomic E-state index is 4.73. The van der Waals surface area contributed by atoms with Crippen molar-refractivity contribution in [3.8, 4) is 10.6 Å². The molecule has 0 atom stereocenters. The molecule has 2 heterocycles. The third-order valence-corrected chi connectivity index (χ3v) is 5.25. The summed E-state index contributed by atoms with van der Waals surface area (Å²) in [5.41, 5.74) is 4.70. The monoisotopic (exact) mass is 341 g/mol. The smallest absolute Gasteiger partial charge is 0.206 e. The topological polar surface area (TPSA) is 29.6 Å². The van der Waals surface area contributed by atoms with Crippen LogP contribution in [0.2, 0.25) is 0 Å². The average molecular weight is 342 g/mol. The molecule has 3 nitrogen and oxygen atoms in total. The number of benzene rings is 1. The van der Waals surface area contributed by atoms with Crippen LogP contribution >= 0.6 is 22.7 Å². The summed E-state index contributed by atoms with van der Waals surface area (Å²) in [5, 5.41) is 8.94. The third kappa shape index (κ3) is 3.51. The van der Waals surface area contributed by atoms with E-state index < -0.39 is 0 Å². The number of rotatable bonds is 4. The van der Waals surface area contributed by atoms with E-state index >= 15 is 0 Å². The number of nitrogens with zero attached hydrogens (tertiary/aromatic N) is 3. The third-order valence-electron chi connectivity index (χ3n) is 3.50. The van der Waals surface area contributed by atoms with E-state index in [1.54, 1.807) is 22.7 Å². The van der Waals surface area contributed by atoms with Crippen LogP contribution in [0.25, 0.3) is 10.6 Å². The second kappa shape index (κ2) is 7.06. The minimum Gasteiger partial charge on any atom is -0.258 e. The van der Waals surface area contributed by atoms with Crippen LogP contribution in [0.1, 0.15) is 23.6 Å². The van der Waals surface area contributed by atoms with Gasteiger partial charge in [-0.2, -0.15) is 5.10 Å². The average Bonchev–Trinajstić information content (AvgIpc) is 3.18. The Morgan fingerprint density at radius 2 is 2.04 bits per heavy atom. The standard InChI is InChI=1S/C18H19N3S2/c1-4-19-18-21(16(12-23-18)17-6-5-9-22-17)20-11-15-10-13(2)7-8-14(15)3/h5-12H,4H2,1-3H3. The zero-order chi connectivity index (χ0) is 16.2. The van der Waals surface area contributed by atoms with Crippen molar-refractivity contribution in [2.45, 2.75) is 20.8 Å². The molecule has 0 saturated heterocycles. The zero-order valence-electron chi connectivity index (χ0n) is 13.5. The second-order valence-corrected chi connectivity index (χ2v) is 7.06. The predicted octanol–water partition coefficient (Wildman–Crippen LogP) is 4.70. The molecular formula is C18H19N3S2. The largest absolute Gasteiger partial charge is 0.258 e. The van der Waals surface area contributed by atoms with Crippen molar-refractivity contribution in [3.63, 3.8) is 0 Å². The molecule has 0 aliphatic rings. The van der Waals surface area contributed by atoms with E-state index in [-0.39, 0.29) is 0 Å². The van der Waals surface area contributed by atoms with Gasteiger partial charge in [-0.25, -0.2) is 4.68 Å². The first-order valence-corrected chi connectivity index (χ1v) is 9.31. The quantitative estimate of drug-likeness (QED) is 0.616. The number of aryl methyl sites for hydroxylation is 2. The molecule has 0 unspecified atom stereocenters. The van der Waals surface area contributed by atoms with Gasteiger partial charge in [-0.15, -0.1) is 22.7 Å². The maximum Gasteiger partial charge on any atom is 0.206 e. The molecule has 0 saturated carbocycles. The van der Waals surface area contributed by atoms with Crippen LogP contribution in [0.3, 0.4) is 0 Å². The van der Waals surface area contributed by atoms with E-state index in [1.165, 1.54) is 16.0 Å². The van der Waals surface area contributed by atoms with Crippen LogP contribution in [0, 0.1) is 13.8 Å². The molecule has 118 valence electrons. The fraction of sp³-hybridized carbons (Fsp3) is 0.222. The van der Waals surface area contributed by atoms with Crippen molar-refractivity contribution in [3.05, 3.63) is 62.6 Å². The molecule has 0 aliphatic heterocycles. The molecule has 0 radical (unpaired) electrons. The van der Waals surface area contributed by atoms with Crippen molar-refractivity contribution < 1.29 is 0 Å². The number of hydrogen-bond acceptors (Lipinski definition) is 4. The first-order valence-electron chi connectivity index (χ1n) is 7.55. The number of hydrogen-bond donors (Lipinski definition) is 0. The second-order valence-electron chi connectivity index (χ2n) is 5.27. The molecule has 0 fully saturated rings. The normalized spacial score (nSPS) is 12.4. The Bertz CT molecular complexity index is 883. The molecular weight excluding hydrogens is 322 g/mol. The highest BCUT2D eigenvalue weighted by Crippen LogP contribution is 2.25. The van der Waals surface area contributed by atoms with Gasteiger partial charge in [0.05, 0.1) is 16.8 Å². The Hall–Kier alpha value is -1.98. The highest BCUT2D eigenvalue weighted by atomic mass is 32.1. The van der Waals surface area contributed by atoms with Gasteiger partial charge in [0, 0.05) is 11.9 Å². The van der Waals surface area contributed by atoms with Crippen LogP contribution in [0.4, 0.5) is 0 Å². The molecule has 0 aliphatic carbocycles. The van der Waals surface area contributed by atoms with E-state index in [9.17, 15) is 0 Å². The van der Waals surface area contributed by atoms with E-state index in [0.717, 1.165) is 22.6 Å². The summed E-state index contributed by atoms with van der Waals surface area (Å²) >= 11 is 3.35. The Morgan fingerprint density at radius 1 is 1.17 bits per heavy atom. The Morgan fingerprint density at radius 3 is 2.78 bits per heavy atom. The summed E-state index contributed by atoms with van der Waals surface area (Å²) < 4.78 is 1.95. The molecule has 5 heteroatoms. The lowest BCUT2D eigenvalue weighted by atomic mass is 10.1. The van der Waals surface area contributed by atoms with Crippen LogP contribution in [0.5, 0.6) is 0 Å². The van der Waals surface area contributed by atoms with Crippen molar-refractivity contribution in [2.24, 2.45) is 10.1 Å². The van der Waals surface area contributed by atoms with Crippen molar-refractivity contribution >= 4 is 28.9 Å². The number of thiazole rings is 1. The summed E-state index contributed by atoms with van der Waals surface area (Å²) in [6.07, 6.45) is 1.93. The van der Waals surface area contributed by atoms with E-state index in [2.05, 4.69) is 59.9 Å². The molecule has 0 amide bonds. The zero-order valence-corrected chi connectivity index (χ0v) is 15.1. The lowest BCUT2D eigenvalue weighted by Crippen LogP contribution is -2.12. The lowest BCUT2D eigenvalue weighted by molar-refractivity contribution is 0.834.